The van der Waals surface area contributed by atoms with Gasteiger partial charge in [0.05, 0.1) is 85.9 Å². The number of carbonyl (C=O) groups is 8. The number of ether oxygens (including phenoxy) is 6. The smallest absolute Gasteiger partial charge is 0.325 e. The van der Waals surface area contributed by atoms with Crippen molar-refractivity contribution >= 4 is 137 Å². The van der Waals surface area contributed by atoms with Crippen LogP contribution in [0.2, 0.25) is 0 Å². The molecular formula is C91H91BrN10O30S3. The number of sulfone groups is 3. The van der Waals surface area contributed by atoms with Crippen LogP contribution in [-0.4, -0.2) is 194 Å². The molecule has 4 atom stereocenters. The number of hydrogen-bond acceptors (Lipinski definition) is 30. The van der Waals surface area contributed by atoms with E-state index in [1.165, 1.54) is 66.8 Å². The highest BCUT2D eigenvalue weighted by Gasteiger charge is 2.38. The minimum Gasteiger partial charge on any atom is -0.548 e. The molecule has 135 heavy (non-hydrogen) atoms. The van der Waals surface area contributed by atoms with Crippen molar-refractivity contribution in [1.29, 1.82) is 0 Å². The first-order valence-electron chi connectivity index (χ1n) is 40.3. The monoisotopic (exact) mass is 1980 g/mol. The number of pyridine rings is 4. The predicted molar refractivity (Wildman–Crippen MR) is 490 cm³/mol. The zero-order valence-electron chi connectivity index (χ0n) is 73.9. The number of carbonyl (C=O) groups excluding carboxylic acids is 8. The number of benzene rings is 8. The van der Waals surface area contributed by atoms with Crippen molar-refractivity contribution in [2.75, 3.05) is 71.4 Å². The summed E-state index contributed by atoms with van der Waals surface area (Å²) in [6.45, 7) is 7.80. The molecule has 0 saturated carbocycles. The number of halogens is 1. The molecule has 4 aliphatic rings. The molecule has 0 fully saturated rings. The van der Waals surface area contributed by atoms with Crippen molar-refractivity contribution < 1.29 is 123 Å². The molecular weight excluding hydrogens is 1890 g/mol. The predicted octanol–water partition coefficient (Wildman–Crippen LogP) is 5.58. The summed E-state index contributed by atoms with van der Waals surface area (Å²) in [5, 5.41) is 74.1. The zero-order valence-corrected chi connectivity index (χ0v) is 78.0. The van der Waals surface area contributed by atoms with Crippen LogP contribution in [-0.2, 0) is 58.2 Å². The molecule has 0 aliphatic carbocycles. The minimum atomic E-state index is -3.42. The Morgan fingerprint density at radius 3 is 0.770 bits per heavy atom. The molecule has 4 unspecified atom stereocenters. The van der Waals surface area contributed by atoms with Gasteiger partial charge < -0.3 is 102 Å². The van der Waals surface area contributed by atoms with Crippen LogP contribution >= 0.6 is 15.9 Å². The molecule has 0 bridgehead atoms. The summed E-state index contributed by atoms with van der Waals surface area (Å²) in [5.74, 6) is -9.15. The van der Waals surface area contributed by atoms with Crippen LogP contribution in [0.4, 0.5) is 0 Å². The van der Waals surface area contributed by atoms with E-state index in [1.807, 2.05) is 34.9 Å². The minimum absolute atomic E-state index is 0. The first kappa shape index (κ1) is 101. The standard InChI is InChI=1S/C25H26N2O8S.C24H23BrN2O6.2C21H18N2O8S.2H3N/c1-25(2,3)35-19(28)12-26-23(30)20-22(29)16-6-5-7-18-21(16)27(24(20)31)17(13-34-18)14-8-10-15(11-9-14)36(4,32)33;1-24(2,3)33-18(28)11-26-22(30)19-21(29)15-5-4-6-17-20(15)27(23(19)31)16(12-32-17)13-7-9-14(25)10-8-13;2*1-32(29,30)12-7-5-11(6-8-12)14-10-31-15-4-2-3-13-18(15)23(14)21(28)17(19(13)26)20(27)22-9-16(24)25;;/h5-11,17,29H,12-13H2,1-4H3,(H,26,30);4-10,16,29H,11-12H2,1-3H3,(H,26,30);2*2-8,14,26H,9-10H2,1H3,(H,22,27)(H,24,25);2*1H3. The van der Waals surface area contributed by atoms with Crippen molar-refractivity contribution in [3.8, 4) is 46.0 Å². The third-order valence-electron chi connectivity index (χ3n) is 21.1. The van der Waals surface area contributed by atoms with Gasteiger partial charge in [-0.25, -0.2) is 25.3 Å². The first-order valence-corrected chi connectivity index (χ1v) is 46.7. The second-order valence-corrected chi connectivity index (χ2v) is 39.7. The summed E-state index contributed by atoms with van der Waals surface area (Å²) in [4.78, 5) is 151. The van der Waals surface area contributed by atoms with Gasteiger partial charge in [-0.3, -0.25) is 66.2 Å². The number of aromatic hydroxyl groups is 4. The van der Waals surface area contributed by atoms with Crippen LogP contribution in [0.25, 0.3) is 43.6 Å². The van der Waals surface area contributed by atoms with Gasteiger partial charge in [0.15, 0.2) is 29.5 Å². The third kappa shape index (κ3) is 21.2. The fourth-order valence-electron chi connectivity index (χ4n) is 15.3. The molecule has 0 spiro atoms. The molecule has 12 aromatic rings. The van der Waals surface area contributed by atoms with E-state index in [0.29, 0.717) is 56.1 Å². The Hall–Kier alpha value is -15.0. The SMILES string of the molecule is CC(C)(C)OC(=O)CNC(=O)c1c(O)c2cccc3c2n(c1=O)C(c1ccc(Br)cc1)CO3.CC(C)(C)OC(=O)CNC(=O)c1c(O)c2cccc3c2n(c1=O)C(c1ccc(S(C)(=O)=O)cc1)CO3.CS(=O)(=O)c1ccc(C2COc3cccc4c(O)c(C(=O)NCC(=O)[O-])c(=O)n2c34)cc1.CS(=O)(=O)c1ccc(C2COc3cccc4c(O)c(C(=O)NCC(=O)[O-])c(=O)n2c34)cc1.[NH4+].[NH4+]. The van der Waals surface area contributed by atoms with Gasteiger partial charge in [0.1, 0.15) is 119 Å². The Balaban J connectivity index is 0.000000172. The first-order chi connectivity index (χ1) is 62.5. The highest BCUT2D eigenvalue weighted by atomic mass is 79.9. The summed E-state index contributed by atoms with van der Waals surface area (Å²) < 4.78 is 111. The molecule has 40 nitrogen and oxygen atoms in total. The summed E-state index contributed by atoms with van der Waals surface area (Å²) in [6.07, 6.45) is 3.25. The van der Waals surface area contributed by atoms with Crippen LogP contribution in [0.5, 0.6) is 46.0 Å². The molecule has 0 saturated heterocycles. The third-order valence-corrected chi connectivity index (χ3v) is 25.1. The summed E-state index contributed by atoms with van der Waals surface area (Å²) in [7, 11) is -10.3. The van der Waals surface area contributed by atoms with E-state index in [0.717, 1.165) is 28.8 Å². The molecule has 16 rings (SSSR count). The Bertz CT molecular complexity index is 7240. The van der Waals surface area contributed by atoms with Crippen molar-refractivity contribution in [2.45, 2.75) is 91.6 Å². The highest BCUT2D eigenvalue weighted by molar-refractivity contribution is 9.10. The summed E-state index contributed by atoms with van der Waals surface area (Å²) in [6, 6.07) is 41.7. The van der Waals surface area contributed by atoms with Crippen molar-refractivity contribution in [3.63, 3.8) is 0 Å². The number of aromatic nitrogens is 4. The number of hydrogen-bond donors (Lipinski definition) is 10. The number of nitrogens with one attached hydrogen (secondary N) is 4. The molecule has 4 aromatic heterocycles. The van der Waals surface area contributed by atoms with E-state index < -0.39 is 206 Å². The van der Waals surface area contributed by atoms with Gasteiger partial charge in [0, 0.05) is 44.8 Å². The van der Waals surface area contributed by atoms with Crippen molar-refractivity contribution in [1.82, 2.24) is 51.8 Å². The second-order valence-electron chi connectivity index (χ2n) is 32.7. The van der Waals surface area contributed by atoms with Crippen LogP contribution < -0.4 is 85.0 Å². The second kappa shape index (κ2) is 39.4. The number of para-hydroxylation sites is 4. The average molecular weight is 1980 g/mol. The van der Waals surface area contributed by atoms with Gasteiger partial charge >= 0.3 is 11.9 Å². The maximum absolute atomic E-state index is 13.6. The molecule has 8 aromatic carbocycles. The Morgan fingerprint density at radius 2 is 0.570 bits per heavy atom. The lowest BCUT2D eigenvalue weighted by Gasteiger charge is -2.29. The maximum Gasteiger partial charge on any atom is 0.325 e. The van der Waals surface area contributed by atoms with Crippen LogP contribution in [0, 0.1) is 0 Å². The summed E-state index contributed by atoms with van der Waals surface area (Å²) >= 11 is 3.40. The van der Waals surface area contributed by atoms with Gasteiger partial charge in [-0.1, -0.05) is 88.7 Å². The van der Waals surface area contributed by atoms with Gasteiger partial charge in [0.25, 0.3) is 45.9 Å². The molecule has 710 valence electrons. The largest absolute Gasteiger partial charge is 0.548 e. The molecule has 16 N–H and O–H groups in total. The van der Waals surface area contributed by atoms with Gasteiger partial charge in [0.2, 0.25) is 0 Å². The number of amides is 4. The number of rotatable bonds is 19. The quantitative estimate of drug-likeness (QED) is 0.0441. The Kier molecular flexibility index (Phi) is 29.4. The maximum atomic E-state index is 13.6. The molecule has 4 aliphatic heterocycles. The lowest BCUT2D eigenvalue weighted by atomic mass is 10.0. The molecule has 44 heteroatoms. The van der Waals surface area contributed by atoms with Crippen LogP contribution in [0.1, 0.15) is 129 Å². The lowest BCUT2D eigenvalue weighted by molar-refractivity contribution is -0.305. The van der Waals surface area contributed by atoms with E-state index in [2.05, 4.69) is 26.6 Å². The zero-order chi connectivity index (χ0) is 96.7. The topological polar surface area (TPSA) is 631 Å². The van der Waals surface area contributed by atoms with E-state index in [1.54, 1.807) is 139 Å². The Morgan fingerprint density at radius 1 is 0.363 bits per heavy atom. The Labute approximate surface area is 775 Å². The number of nitrogens with zero attached hydrogens (tertiary/aromatic N) is 4. The van der Waals surface area contributed by atoms with Crippen LogP contribution in [0.3, 0.4) is 0 Å². The average Bonchev–Trinajstić information content (AvgIpc) is 0.741. The molecule has 0 radical (unpaired) electrons. The number of esters is 2. The molecule has 4 amide bonds. The van der Waals surface area contributed by atoms with Crippen molar-refractivity contribution in [2.24, 2.45) is 0 Å². The van der Waals surface area contributed by atoms with E-state index in [4.69, 9.17) is 28.4 Å². The fraction of sp³-hybridized carbons (Fsp3) is 0.253. The lowest BCUT2D eigenvalue weighted by Crippen LogP contribution is -2.42. The highest BCUT2D eigenvalue weighted by Crippen LogP contribution is 2.44. The fourth-order valence-corrected chi connectivity index (χ4v) is 17.5. The van der Waals surface area contributed by atoms with E-state index >= 15 is 0 Å². The number of aliphatic carboxylic acids is 2. The normalized spacial score (nSPS) is 15.0. The summed E-state index contributed by atoms with van der Waals surface area (Å²) in [5.41, 5.74) is -3.13. The number of carboxylic acid groups (broad SMARTS) is 2. The van der Waals surface area contributed by atoms with E-state index in [-0.39, 0.29) is 80.6 Å². The van der Waals surface area contributed by atoms with Crippen LogP contribution in [0.15, 0.2) is 208 Å². The number of carboxylic acids is 2. The van der Waals surface area contributed by atoms with Gasteiger partial charge in [-0.05, 0) is 161 Å². The van der Waals surface area contributed by atoms with E-state index in [9.17, 15) is 113 Å². The van der Waals surface area contributed by atoms with Gasteiger partial charge in [-0.2, -0.15) is 0 Å². The van der Waals surface area contributed by atoms with Crippen molar-refractivity contribution in [3.05, 3.63) is 260 Å². The molecule has 8 heterocycles. The number of quaternary nitrogens is 2. The van der Waals surface area contributed by atoms with Gasteiger partial charge in [-0.15, -0.1) is 0 Å².